The van der Waals surface area contributed by atoms with E-state index in [4.69, 9.17) is 9.84 Å². The molecule has 5 nitrogen and oxygen atoms in total. The molecule has 1 aliphatic rings. The van der Waals surface area contributed by atoms with Crippen LogP contribution in [0, 0.1) is 5.41 Å². The number of carbonyl (C=O) groups is 2. The zero-order valence-electron chi connectivity index (χ0n) is 12.6. The van der Waals surface area contributed by atoms with Crippen LogP contribution in [-0.2, 0) is 20.1 Å². The third kappa shape index (κ3) is 4.74. The number of nitrogens with one attached hydrogen (secondary N) is 1. The van der Waals surface area contributed by atoms with Crippen molar-refractivity contribution in [3.05, 3.63) is 29.8 Å². The van der Waals surface area contributed by atoms with Crippen LogP contribution in [0.2, 0.25) is 0 Å². The molecule has 1 amide bonds. The van der Waals surface area contributed by atoms with Crippen molar-refractivity contribution in [3.8, 4) is 0 Å². The van der Waals surface area contributed by atoms with Crippen LogP contribution in [0.4, 0.5) is 5.69 Å². The van der Waals surface area contributed by atoms with Gasteiger partial charge in [0.15, 0.2) is 0 Å². The number of carbonyl (C=O) groups excluding carboxylic acids is 1. The van der Waals surface area contributed by atoms with Gasteiger partial charge in [-0.3, -0.25) is 9.59 Å². The van der Waals surface area contributed by atoms with E-state index in [1.807, 2.05) is 31.2 Å². The van der Waals surface area contributed by atoms with Crippen molar-refractivity contribution in [3.63, 3.8) is 0 Å². The number of ether oxygens (including phenoxy) is 1. The Bertz CT molecular complexity index is 541. The second kappa shape index (κ2) is 7.65. The van der Waals surface area contributed by atoms with Crippen molar-refractivity contribution >= 4 is 29.3 Å². The summed E-state index contributed by atoms with van der Waals surface area (Å²) in [5.41, 5.74) is 1.26. The maximum Gasteiger partial charge on any atom is 0.313 e. The summed E-state index contributed by atoms with van der Waals surface area (Å²) in [6, 6.07) is 7.53. The van der Waals surface area contributed by atoms with Crippen LogP contribution in [0.3, 0.4) is 0 Å². The van der Waals surface area contributed by atoms with Gasteiger partial charge in [0, 0.05) is 18.0 Å². The molecule has 22 heavy (non-hydrogen) atoms. The van der Waals surface area contributed by atoms with Gasteiger partial charge in [-0.1, -0.05) is 12.1 Å². The average molecular weight is 323 g/mol. The summed E-state index contributed by atoms with van der Waals surface area (Å²) >= 11 is 1.34. The van der Waals surface area contributed by atoms with Gasteiger partial charge >= 0.3 is 5.97 Å². The van der Waals surface area contributed by atoms with Gasteiger partial charge in [0.1, 0.15) is 0 Å². The third-order valence-corrected chi connectivity index (χ3v) is 4.65. The highest BCUT2D eigenvalue weighted by molar-refractivity contribution is 7.99. The molecule has 2 rings (SSSR count). The predicted octanol–water partition coefficient (Wildman–Crippen LogP) is 2.76. The van der Waals surface area contributed by atoms with Crippen LogP contribution in [0.25, 0.3) is 0 Å². The summed E-state index contributed by atoms with van der Waals surface area (Å²) in [6.07, 6.45) is 1.72. The number of carboxylic acids is 1. The summed E-state index contributed by atoms with van der Waals surface area (Å²) in [6.45, 7) is 3.10. The molecule has 0 aliphatic carbocycles. The van der Waals surface area contributed by atoms with Crippen LogP contribution >= 0.6 is 11.8 Å². The quantitative estimate of drug-likeness (QED) is 0.842. The van der Waals surface area contributed by atoms with Crippen LogP contribution in [0.15, 0.2) is 24.3 Å². The molecule has 0 bridgehead atoms. The minimum absolute atomic E-state index is 0.0254. The predicted molar refractivity (Wildman–Crippen MR) is 87.0 cm³/mol. The van der Waals surface area contributed by atoms with Crippen molar-refractivity contribution in [2.24, 2.45) is 5.41 Å². The van der Waals surface area contributed by atoms with E-state index in [2.05, 4.69) is 5.32 Å². The average Bonchev–Trinajstić information content (AvgIpc) is 2.48. The summed E-state index contributed by atoms with van der Waals surface area (Å²) in [4.78, 5) is 23.0. The van der Waals surface area contributed by atoms with Gasteiger partial charge in [0.25, 0.3) is 0 Å². The highest BCUT2D eigenvalue weighted by Crippen LogP contribution is 2.29. The molecule has 0 saturated carbocycles. The number of benzene rings is 1. The second-order valence-corrected chi connectivity index (χ2v) is 6.74. The Labute approximate surface area is 134 Å². The molecule has 6 heteroatoms. The molecule has 1 aromatic carbocycles. The summed E-state index contributed by atoms with van der Waals surface area (Å²) in [5, 5.41) is 11.6. The molecule has 1 saturated heterocycles. The van der Waals surface area contributed by atoms with E-state index in [1.54, 1.807) is 0 Å². The topological polar surface area (TPSA) is 75.6 Å². The summed E-state index contributed by atoms with van der Waals surface area (Å²) < 4.78 is 5.42. The fourth-order valence-corrected chi connectivity index (χ4v) is 3.08. The van der Waals surface area contributed by atoms with E-state index >= 15 is 0 Å². The monoisotopic (exact) mass is 323 g/mol. The Morgan fingerprint density at radius 2 is 2.27 bits per heavy atom. The number of anilines is 1. The highest BCUT2D eigenvalue weighted by atomic mass is 32.2. The maximum atomic E-state index is 12.4. The van der Waals surface area contributed by atoms with Crippen LogP contribution in [0.1, 0.15) is 25.3 Å². The van der Waals surface area contributed by atoms with Gasteiger partial charge < -0.3 is 15.2 Å². The lowest BCUT2D eigenvalue weighted by molar-refractivity contribution is -0.134. The van der Waals surface area contributed by atoms with Gasteiger partial charge in [-0.15, -0.1) is 11.8 Å². The van der Waals surface area contributed by atoms with Crippen molar-refractivity contribution in [1.82, 2.24) is 0 Å². The molecule has 1 heterocycles. The minimum atomic E-state index is -0.820. The molecular formula is C16H21NO4S. The van der Waals surface area contributed by atoms with Gasteiger partial charge in [-0.2, -0.15) is 0 Å². The molecule has 1 unspecified atom stereocenters. The molecule has 120 valence electrons. The largest absolute Gasteiger partial charge is 0.481 e. The fraction of sp³-hybridized carbons (Fsp3) is 0.500. The molecule has 1 aliphatic heterocycles. The Morgan fingerprint density at radius 3 is 2.95 bits per heavy atom. The first-order valence-electron chi connectivity index (χ1n) is 7.27. The molecule has 2 N–H and O–H groups in total. The first-order chi connectivity index (χ1) is 10.5. The normalized spacial score (nSPS) is 21.3. The molecule has 0 aromatic heterocycles. The zero-order chi connectivity index (χ0) is 16.0. The highest BCUT2D eigenvalue weighted by Gasteiger charge is 2.35. The van der Waals surface area contributed by atoms with Gasteiger partial charge in [0.2, 0.25) is 5.91 Å². The SMILES string of the molecule is CC1(C(=O)Nc2cccc(CSCC(=O)O)c2)CCCOC1. The van der Waals surface area contributed by atoms with Crippen molar-refractivity contribution in [2.45, 2.75) is 25.5 Å². The standard InChI is InChI=1S/C16H21NO4S/c1-16(6-3-7-21-11-16)15(20)17-13-5-2-4-12(8-13)9-22-10-14(18)19/h2,4-5,8H,3,6-7,9-11H2,1H3,(H,17,20)(H,18,19). The first-order valence-corrected chi connectivity index (χ1v) is 8.43. The summed E-state index contributed by atoms with van der Waals surface area (Å²) in [5.74, 6) is -0.162. The van der Waals surface area contributed by atoms with Crippen molar-refractivity contribution in [2.75, 3.05) is 24.3 Å². The lowest BCUT2D eigenvalue weighted by Crippen LogP contribution is -2.40. The smallest absolute Gasteiger partial charge is 0.313 e. The second-order valence-electron chi connectivity index (χ2n) is 5.76. The number of hydrogen-bond donors (Lipinski definition) is 2. The molecule has 1 aromatic rings. The molecule has 0 spiro atoms. The van der Waals surface area contributed by atoms with Gasteiger partial charge in [-0.05, 0) is 37.5 Å². The Hall–Kier alpha value is -1.53. The Morgan fingerprint density at radius 1 is 1.45 bits per heavy atom. The number of rotatable bonds is 6. The lowest BCUT2D eigenvalue weighted by atomic mass is 9.84. The Kier molecular flexibility index (Phi) is 5.85. The maximum absolute atomic E-state index is 12.4. The zero-order valence-corrected chi connectivity index (χ0v) is 13.4. The van der Waals surface area contributed by atoms with E-state index in [1.165, 1.54) is 11.8 Å². The van der Waals surface area contributed by atoms with E-state index < -0.39 is 11.4 Å². The van der Waals surface area contributed by atoms with E-state index in [0.717, 1.165) is 30.7 Å². The van der Waals surface area contributed by atoms with Crippen molar-refractivity contribution < 1.29 is 19.4 Å². The third-order valence-electron chi connectivity index (χ3n) is 3.67. The van der Waals surface area contributed by atoms with Crippen molar-refractivity contribution in [1.29, 1.82) is 0 Å². The lowest BCUT2D eigenvalue weighted by Gasteiger charge is -2.31. The summed E-state index contributed by atoms with van der Waals surface area (Å²) in [7, 11) is 0. The van der Waals surface area contributed by atoms with Crippen LogP contribution in [-0.4, -0.2) is 35.9 Å². The van der Waals surface area contributed by atoms with E-state index in [9.17, 15) is 9.59 Å². The van der Waals surface area contributed by atoms with Crippen LogP contribution < -0.4 is 5.32 Å². The van der Waals surface area contributed by atoms with Gasteiger partial charge in [-0.25, -0.2) is 0 Å². The van der Waals surface area contributed by atoms with Gasteiger partial charge in [0.05, 0.1) is 17.8 Å². The first kappa shape index (κ1) is 16.8. The van der Waals surface area contributed by atoms with E-state index in [0.29, 0.717) is 12.4 Å². The molecule has 1 fully saturated rings. The number of carboxylic acid groups (broad SMARTS) is 1. The number of aliphatic carboxylic acids is 1. The fourth-order valence-electron chi connectivity index (χ4n) is 2.39. The molecule has 1 atom stereocenters. The number of amides is 1. The van der Waals surface area contributed by atoms with E-state index in [-0.39, 0.29) is 11.7 Å². The minimum Gasteiger partial charge on any atom is -0.481 e. The number of hydrogen-bond acceptors (Lipinski definition) is 4. The number of thioether (sulfide) groups is 1. The Balaban J connectivity index is 1.94. The molecule has 0 radical (unpaired) electrons. The van der Waals surface area contributed by atoms with Crippen LogP contribution in [0.5, 0.6) is 0 Å². The molecular weight excluding hydrogens is 302 g/mol.